The molecular formula is C84H107N3O16. The van der Waals surface area contributed by atoms with Crippen molar-refractivity contribution in [3.8, 4) is 5.75 Å². The lowest BCUT2D eigenvalue weighted by atomic mass is 9.97. The number of hydrogen-bond donors (Lipinski definition) is 3. The Bertz CT molecular complexity index is 3450. The van der Waals surface area contributed by atoms with E-state index in [4.69, 9.17) is 61.6 Å². The summed E-state index contributed by atoms with van der Waals surface area (Å²) in [6.45, 7) is 11.3. The van der Waals surface area contributed by atoms with Crippen LogP contribution in [0.15, 0.2) is 206 Å². The SMILES string of the molecule is COc1ccc(CO[C@H]2[C@@H](OCc3ccccc3)[C@@H](COCc3ccccc3)O[C@@H](OCCCCCCNC(=O)CC[C@H](NC(=O)OC(C)(C)C)C(=O)NCCCCCCO[C@@H]3O[C@@H](C)[C@@H](OCc4ccccc4)[C@@H](OCc4ccccc4)[C@@H]3OCc3ccccc3)[C@@H]2OCc2ccccc2)cc1. The van der Waals surface area contributed by atoms with Gasteiger partial charge in [-0.15, -0.1) is 0 Å². The highest BCUT2D eigenvalue weighted by atomic mass is 16.7. The van der Waals surface area contributed by atoms with Crippen LogP contribution in [0.5, 0.6) is 5.75 Å². The Balaban J connectivity index is 0.731. The van der Waals surface area contributed by atoms with E-state index in [1.165, 1.54) is 0 Å². The summed E-state index contributed by atoms with van der Waals surface area (Å²) in [5.74, 6) is 0.129. The van der Waals surface area contributed by atoms with Crippen LogP contribution >= 0.6 is 0 Å². The normalized spacial score (nSPS) is 20.7. The number of nitrogens with one attached hydrogen (secondary N) is 3. The second-order valence-corrected chi connectivity index (χ2v) is 27.1. The molecule has 2 saturated heterocycles. The maximum atomic E-state index is 13.7. The van der Waals surface area contributed by atoms with Gasteiger partial charge >= 0.3 is 6.09 Å². The van der Waals surface area contributed by atoms with Gasteiger partial charge in [0.15, 0.2) is 12.6 Å². The molecule has 0 aliphatic carbocycles. The molecule has 2 fully saturated rings. The van der Waals surface area contributed by atoms with Crippen LogP contribution in [0.25, 0.3) is 0 Å². The van der Waals surface area contributed by atoms with Gasteiger partial charge in [0.25, 0.3) is 0 Å². The number of unbranched alkanes of at least 4 members (excludes halogenated alkanes) is 6. The van der Waals surface area contributed by atoms with Crippen molar-refractivity contribution in [1.82, 2.24) is 16.0 Å². The quantitative estimate of drug-likeness (QED) is 0.0304. The molecule has 2 aliphatic heterocycles. The highest BCUT2D eigenvalue weighted by molar-refractivity contribution is 5.86. The van der Waals surface area contributed by atoms with Crippen molar-refractivity contribution < 1.29 is 76.0 Å². The predicted molar refractivity (Wildman–Crippen MR) is 393 cm³/mol. The summed E-state index contributed by atoms with van der Waals surface area (Å²) in [4.78, 5) is 40.1. The number of rotatable bonds is 44. The van der Waals surface area contributed by atoms with Crippen LogP contribution < -0.4 is 20.7 Å². The molecule has 0 bridgehead atoms. The van der Waals surface area contributed by atoms with E-state index in [-0.39, 0.29) is 44.7 Å². The second-order valence-electron chi connectivity index (χ2n) is 27.1. The highest BCUT2D eigenvalue weighted by Crippen LogP contribution is 2.34. The molecule has 0 saturated carbocycles. The van der Waals surface area contributed by atoms with Crippen molar-refractivity contribution in [2.75, 3.05) is 40.0 Å². The number of carbonyl (C=O) groups is 3. The molecule has 7 aromatic rings. The maximum absolute atomic E-state index is 13.7. The number of benzene rings is 7. The molecule has 554 valence electrons. The topological polar surface area (TPSA) is 207 Å². The van der Waals surface area contributed by atoms with Crippen molar-refractivity contribution >= 4 is 17.9 Å². The van der Waals surface area contributed by atoms with Crippen LogP contribution in [-0.2, 0) is 113 Å². The largest absolute Gasteiger partial charge is 0.497 e. The molecular weight excluding hydrogens is 1310 g/mol. The molecule has 11 atom stereocenters. The molecule has 19 heteroatoms. The van der Waals surface area contributed by atoms with Gasteiger partial charge in [-0.05, 0) is 111 Å². The maximum Gasteiger partial charge on any atom is 0.408 e. The van der Waals surface area contributed by atoms with Crippen LogP contribution in [0.3, 0.4) is 0 Å². The van der Waals surface area contributed by atoms with E-state index in [0.717, 1.165) is 83.2 Å². The minimum atomic E-state index is -0.996. The van der Waals surface area contributed by atoms with E-state index in [0.29, 0.717) is 72.2 Å². The van der Waals surface area contributed by atoms with Gasteiger partial charge in [0, 0.05) is 32.7 Å². The van der Waals surface area contributed by atoms with Gasteiger partial charge < -0.3 is 77.5 Å². The van der Waals surface area contributed by atoms with Crippen LogP contribution in [0.2, 0.25) is 0 Å². The Hall–Kier alpha value is -7.89. The van der Waals surface area contributed by atoms with Gasteiger partial charge in [0.2, 0.25) is 11.8 Å². The number of alkyl carbamates (subject to hydrolysis) is 1. The number of ether oxygens (including phenoxy) is 13. The van der Waals surface area contributed by atoms with Gasteiger partial charge in [0.05, 0.1) is 66.1 Å². The summed E-state index contributed by atoms with van der Waals surface area (Å²) in [5.41, 5.74) is 6.26. The third-order valence-electron chi connectivity index (χ3n) is 17.7. The first kappa shape index (κ1) is 79.2. The van der Waals surface area contributed by atoms with Crippen LogP contribution in [0.4, 0.5) is 4.79 Å². The van der Waals surface area contributed by atoms with E-state index in [1.807, 2.05) is 213 Å². The fraction of sp³-hybridized carbons (Fsp3) is 0.464. The number of amides is 3. The molecule has 0 spiro atoms. The third kappa shape index (κ3) is 28.3. The lowest BCUT2D eigenvalue weighted by Crippen LogP contribution is -2.61. The molecule has 103 heavy (non-hydrogen) atoms. The van der Waals surface area contributed by atoms with E-state index < -0.39 is 79.0 Å². The number of methoxy groups -OCH3 is 1. The molecule has 2 heterocycles. The Kier molecular flexibility index (Phi) is 33.9. The summed E-state index contributed by atoms with van der Waals surface area (Å²) in [7, 11) is 1.64. The zero-order valence-electron chi connectivity index (χ0n) is 60.6. The summed E-state index contributed by atoms with van der Waals surface area (Å²) in [6, 6.07) is 66.9. The highest BCUT2D eigenvalue weighted by Gasteiger charge is 2.50. The van der Waals surface area contributed by atoms with Crippen molar-refractivity contribution in [2.24, 2.45) is 0 Å². The fourth-order valence-corrected chi connectivity index (χ4v) is 12.2. The van der Waals surface area contributed by atoms with Gasteiger partial charge in [-0.25, -0.2) is 4.79 Å². The van der Waals surface area contributed by atoms with Crippen molar-refractivity contribution in [3.05, 3.63) is 245 Å². The molecule has 0 aromatic heterocycles. The summed E-state index contributed by atoms with van der Waals surface area (Å²) in [6.07, 6.45) is -0.626. The summed E-state index contributed by atoms with van der Waals surface area (Å²) < 4.78 is 84.7. The first-order chi connectivity index (χ1) is 50.3. The minimum absolute atomic E-state index is 0.0147. The predicted octanol–water partition coefficient (Wildman–Crippen LogP) is 14.3. The molecule has 0 radical (unpaired) electrons. The van der Waals surface area contributed by atoms with Crippen LogP contribution in [-0.4, -0.2) is 131 Å². The zero-order valence-corrected chi connectivity index (χ0v) is 60.6. The zero-order chi connectivity index (χ0) is 72.1. The monoisotopic (exact) mass is 1410 g/mol. The Morgan fingerprint density at radius 1 is 0.417 bits per heavy atom. The smallest absolute Gasteiger partial charge is 0.408 e. The average Bonchev–Trinajstić information content (AvgIpc) is 0.799. The first-order valence-corrected chi connectivity index (χ1v) is 36.6. The van der Waals surface area contributed by atoms with Crippen molar-refractivity contribution in [3.63, 3.8) is 0 Å². The number of carbonyl (C=O) groups excluding carboxylic acids is 3. The van der Waals surface area contributed by atoms with E-state index in [9.17, 15) is 14.4 Å². The number of hydrogen-bond acceptors (Lipinski definition) is 16. The molecule has 9 rings (SSSR count). The average molecular weight is 1410 g/mol. The van der Waals surface area contributed by atoms with Crippen LogP contribution in [0, 0.1) is 0 Å². The van der Waals surface area contributed by atoms with E-state index in [2.05, 4.69) is 16.0 Å². The van der Waals surface area contributed by atoms with Gasteiger partial charge in [-0.2, -0.15) is 0 Å². The molecule has 19 nitrogen and oxygen atoms in total. The van der Waals surface area contributed by atoms with Crippen molar-refractivity contribution in [2.45, 2.75) is 211 Å². The Morgan fingerprint density at radius 3 is 1.24 bits per heavy atom. The van der Waals surface area contributed by atoms with Gasteiger partial charge in [0.1, 0.15) is 60.1 Å². The lowest BCUT2D eigenvalue weighted by Gasteiger charge is -2.46. The molecule has 7 aromatic carbocycles. The Labute approximate surface area is 609 Å². The molecule has 3 N–H and O–H groups in total. The summed E-state index contributed by atoms with van der Waals surface area (Å²) in [5, 5.41) is 8.72. The first-order valence-electron chi connectivity index (χ1n) is 36.6. The summed E-state index contributed by atoms with van der Waals surface area (Å²) >= 11 is 0. The standard InChI is InChI=1S/C84H107N3O16/c1-62-74(95-55-64-34-18-11-19-35-64)76(97-57-66-38-22-13-23-39-66)78(99-58-67-40-24-14-25-41-67)81(101-62)93-52-30-9-7-29-51-86-80(89)71(87-83(90)103-84(2,3)4)48-49-73(88)85-50-28-6-8-31-53-94-82-79(100-59-68-42-26-15-27-43-68)77(98-60-69-44-46-70(91-5)47-45-69)75(96-56-65-36-20-12-21-37-65)72(102-82)61-92-54-63-32-16-10-17-33-63/h10-27,32-47,62,71-72,74-79,81-82H,6-9,28-31,48-61H2,1-5H3,(H,85,88)(H,86,89)(H,87,90)/t62-,71-,72+,74+,75-,76+,77-,78-,79+,81+,82+/m0/s1. The Morgan fingerprint density at radius 2 is 0.796 bits per heavy atom. The van der Waals surface area contributed by atoms with Gasteiger partial charge in [-0.1, -0.05) is 220 Å². The lowest BCUT2D eigenvalue weighted by molar-refractivity contribution is -0.328. The molecule has 3 amide bonds. The van der Waals surface area contributed by atoms with Crippen molar-refractivity contribution in [1.29, 1.82) is 0 Å². The molecule has 0 unspecified atom stereocenters. The van der Waals surface area contributed by atoms with E-state index >= 15 is 0 Å². The third-order valence-corrected chi connectivity index (χ3v) is 17.7. The molecule has 2 aliphatic rings. The minimum Gasteiger partial charge on any atom is -0.497 e. The van der Waals surface area contributed by atoms with E-state index in [1.54, 1.807) is 27.9 Å². The van der Waals surface area contributed by atoms with Gasteiger partial charge in [-0.3, -0.25) is 9.59 Å². The fourth-order valence-electron chi connectivity index (χ4n) is 12.2. The second kappa shape index (κ2) is 44.0. The van der Waals surface area contributed by atoms with Crippen LogP contribution in [0.1, 0.15) is 131 Å².